The van der Waals surface area contributed by atoms with Crippen molar-refractivity contribution in [3.8, 4) is 22.8 Å². The second kappa shape index (κ2) is 10.1. The summed E-state index contributed by atoms with van der Waals surface area (Å²) < 4.78 is 12.9. The normalized spacial score (nSPS) is 12.1. The van der Waals surface area contributed by atoms with Gasteiger partial charge < -0.3 is 9.47 Å². The third-order valence-electron chi connectivity index (χ3n) is 4.89. The number of thiazole rings is 1. The molecule has 2 aromatic heterocycles. The molecule has 0 atom stereocenters. The maximum Gasteiger partial charge on any atom is 0.206 e. The fourth-order valence-corrected chi connectivity index (χ4v) is 4.05. The van der Waals surface area contributed by atoms with E-state index in [1.54, 1.807) is 20.4 Å². The maximum atomic E-state index is 5.63. The van der Waals surface area contributed by atoms with Gasteiger partial charge in [-0.1, -0.05) is 36.4 Å². The number of hydrogen-bond acceptors (Lipinski definition) is 6. The van der Waals surface area contributed by atoms with Gasteiger partial charge in [0.2, 0.25) is 4.80 Å². The van der Waals surface area contributed by atoms with E-state index in [-0.39, 0.29) is 0 Å². The quantitative estimate of drug-likeness (QED) is 0.377. The van der Waals surface area contributed by atoms with Gasteiger partial charge in [-0.2, -0.15) is 5.10 Å². The van der Waals surface area contributed by atoms with Gasteiger partial charge in [-0.25, -0.2) is 4.68 Å². The topological polar surface area (TPSA) is 61.0 Å². The predicted octanol–water partition coefficient (Wildman–Crippen LogP) is 5.00. The summed E-state index contributed by atoms with van der Waals surface area (Å²) in [5, 5.41) is 6.94. The summed E-state index contributed by atoms with van der Waals surface area (Å²) in [6, 6.07) is 21.7. The number of ether oxygens (including phenoxy) is 2. The Morgan fingerprint density at radius 2 is 1.81 bits per heavy atom. The van der Waals surface area contributed by atoms with Gasteiger partial charge in [-0.3, -0.25) is 9.98 Å². The van der Waals surface area contributed by atoms with E-state index >= 15 is 0 Å². The first-order chi connectivity index (χ1) is 15.7. The van der Waals surface area contributed by atoms with Crippen LogP contribution in [0, 0.1) is 0 Å². The van der Waals surface area contributed by atoms with Crippen LogP contribution >= 0.6 is 11.3 Å². The molecule has 162 valence electrons. The largest absolute Gasteiger partial charge is 0.497 e. The van der Waals surface area contributed by atoms with E-state index < -0.39 is 0 Å². The van der Waals surface area contributed by atoms with Crippen LogP contribution in [0.2, 0.25) is 0 Å². The molecule has 0 radical (unpaired) electrons. The van der Waals surface area contributed by atoms with E-state index in [2.05, 4.69) is 17.1 Å². The smallest absolute Gasteiger partial charge is 0.206 e. The van der Waals surface area contributed by atoms with Crippen molar-refractivity contribution in [3.05, 3.63) is 94.4 Å². The summed E-state index contributed by atoms with van der Waals surface area (Å²) in [6.45, 7) is 2.51. The molecule has 0 bridgehead atoms. The van der Waals surface area contributed by atoms with E-state index in [4.69, 9.17) is 19.6 Å². The number of aromatic nitrogens is 2. The molecule has 2 heterocycles. The summed E-state index contributed by atoms with van der Waals surface area (Å²) in [7, 11) is 3.31. The van der Waals surface area contributed by atoms with Gasteiger partial charge in [0.15, 0.2) is 0 Å². The molecular weight excluding hydrogens is 420 g/mol. The second-order valence-electron chi connectivity index (χ2n) is 6.98. The third-order valence-corrected chi connectivity index (χ3v) is 5.75. The minimum atomic E-state index is 0.564. The van der Waals surface area contributed by atoms with Crippen LogP contribution in [0.25, 0.3) is 11.3 Å². The molecule has 0 saturated carbocycles. The van der Waals surface area contributed by atoms with Crippen LogP contribution in [0.1, 0.15) is 18.2 Å². The first kappa shape index (κ1) is 21.5. The number of rotatable bonds is 7. The van der Waals surface area contributed by atoms with Crippen LogP contribution < -0.4 is 14.3 Å². The molecule has 0 amide bonds. The summed E-state index contributed by atoms with van der Waals surface area (Å²) in [5.74, 6) is 1.48. The lowest BCUT2D eigenvalue weighted by molar-refractivity contribution is 0.404. The minimum Gasteiger partial charge on any atom is -0.497 e. The lowest BCUT2D eigenvalue weighted by Crippen LogP contribution is -2.15. The molecule has 0 aliphatic carbocycles. The molecule has 32 heavy (non-hydrogen) atoms. The summed E-state index contributed by atoms with van der Waals surface area (Å²) in [6.07, 6.45) is 1.76. The SMILES string of the molecule is COc1ccc(OC)c(-c2csc(=NCc3ccccc3)n2N=C(C)c2ccccn2)c1. The summed E-state index contributed by atoms with van der Waals surface area (Å²) in [4.78, 5) is 10.1. The van der Waals surface area contributed by atoms with Crippen LogP contribution in [0.4, 0.5) is 0 Å². The molecule has 2 aromatic carbocycles. The first-order valence-electron chi connectivity index (χ1n) is 10.1. The zero-order valence-corrected chi connectivity index (χ0v) is 19.0. The number of benzene rings is 2. The molecular formula is C25H24N4O2S. The molecule has 4 rings (SSSR count). The standard InChI is InChI=1S/C25H24N4O2S/c1-18(22-11-7-8-14-26-22)28-29-23(21-15-20(30-2)12-13-24(21)31-3)17-32-25(29)27-16-19-9-5-4-6-10-19/h4-15,17H,16H2,1-3H3. The van der Waals surface area contributed by atoms with Crippen molar-refractivity contribution >= 4 is 17.0 Å². The molecule has 0 fully saturated rings. The average Bonchev–Trinajstić information content (AvgIpc) is 3.25. The van der Waals surface area contributed by atoms with E-state index in [1.165, 1.54) is 11.3 Å². The molecule has 0 N–H and O–H groups in total. The Balaban J connectivity index is 1.87. The molecule has 6 nitrogen and oxygen atoms in total. The molecule has 0 spiro atoms. The summed E-state index contributed by atoms with van der Waals surface area (Å²) in [5.41, 5.74) is 4.48. The Morgan fingerprint density at radius 3 is 2.53 bits per heavy atom. The molecule has 0 unspecified atom stereocenters. The van der Waals surface area contributed by atoms with Gasteiger partial charge in [0.25, 0.3) is 0 Å². The second-order valence-corrected chi connectivity index (χ2v) is 7.82. The Labute approximate surface area is 191 Å². The third kappa shape index (κ3) is 4.78. The van der Waals surface area contributed by atoms with E-state index in [1.807, 2.05) is 71.6 Å². The number of nitrogens with zero attached hydrogens (tertiary/aromatic N) is 4. The Kier molecular flexibility index (Phi) is 6.77. The first-order valence-corrected chi connectivity index (χ1v) is 11.0. The molecule has 7 heteroatoms. The van der Waals surface area contributed by atoms with Crippen LogP contribution in [0.5, 0.6) is 11.5 Å². The highest BCUT2D eigenvalue weighted by molar-refractivity contribution is 7.07. The fourth-order valence-electron chi connectivity index (χ4n) is 3.22. The number of methoxy groups -OCH3 is 2. The highest BCUT2D eigenvalue weighted by Crippen LogP contribution is 2.33. The highest BCUT2D eigenvalue weighted by atomic mass is 32.1. The molecule has 0 aliphatic heterocycles. The van der Waals surface area contributed by atoms with Crippen molar-refractivity contribution in [2.75, 3.05) is 14.2 Å². The van der Waals surface area contributed by atoms with Crippen molar-refractivity contribution in [3.63, 3.8) is 0 Å². The molecule has 0 aliphatic rings. The van der Waals surface area contributed by atoms with Crippen LogP contribution in [0.15, 0.2) is 88.4 Å². The number of hydrogen-bond donors (Lipinski definition) is 0. The monoisotopic (exact) mass is 444 g/mol. The van der Waals surface area contributed by atoms with Gasteiger partial charge in [0, 0.05) is 17.1 Å². The van der Waals surface area contributed by atoms with Crippen LogP contribution in [0.3, 0.4) is 0 Å². The Hall–Kier alpha value is -3.71. The molecule has 0 saturated heterocycles. The average molecular weight is 445 g/mol. The van der Waals surface area contributed by atoms with E-state index in [9.17, 15) is 0 Å². The van der Waals surface area contributed by atoms with Crippen LogP contribution in [-0.2, 0) is 6.54 Å². The van der Waals surface area contributed by atoms with Crippen LogP contribution in [-0.4, -0.2) is 29.6 Å². The highest BCUT2D eigenvalue weighted by Gasteiger charge is 2.15. The zero-order chi connectivity index (χ0) is 22.3. The van der Waals surface area contributed by atoms with E-state index in [0.717, 1.165) is 44.5 Å². The minimum absolute atomic E-state index is 0.564. The van der Waals surface area contributed by atoms with Gasteiger partial charge in [0.05, 0.1) is 37.9 Å². The van der Waals surface area contributed by atoms with Crippen molar-refractivity contribution in [1.29, 1.82) is 0 Å². The lowest BCUT2D eigenvalue weighted by Gasteiger charge is -2.11. The zero-order valence-electron chi connectivity index (χ0n) is 18.2. The van der Waals surface area contributed by atoms with Gasteiger partial charge in [0.1, 0.15) is 11.5 Å². The molecule has 4 aromatic rings. The van der Waals surface area contributed by atoms with Crippen molar-refractivity contribution in [2.45, 2.75) is 13.5 Å². The summed E-state index contributed by atoms with van der Waals surface area (Å²) >= 11 is 1.53. The fraction of sp³-hybridized carbons (Fsp3) is 0.160. The van der Waals surface area contributed by atoms with Gasteiger partial charge >= 0.3 is 0 Å². The van der Waals surface area contributed by atoms with E-state index in [0.29, 0.717) is 6.54 Å². The van der Waals surface area contributed by atoms with Crippen molar-refractivity contribution in [1.82, 2.24) is 9.66 Å². The Morgan fingerprint density at radius 1 is 1.00 bits per heavy atom. The Bertz CT molecular complexity index is 1280. The number of pyridine rings is 1. The van der Waals surface area contributed by atoms with Crippen molar-refractivity contribution in [2.24, 2.45) is 10.1 Å². The lowest BCUT2D eigenvalue weighted by atomic mass is 10.1. The predicted molar refractivity (Wildman–Crippen MR) is 128 cm³/mol. The van der Waals surface area contributed by atoms with Gasteiger partial charge in [-0.05, 0) is 42.8 Å². The van der Waals surface area contributed by atoms with Crippen molar-refractivity contribution < 1.29 is 9.47 Å². The maximum absolute atomic E-state index is 5.63. The van der Waals surface area contributed by atoms with Gasteiger partial charge in [-0.15, -0.1) is 11.3 Å².